The molecule has 1 aliphatic heterocycles. The Morgan fingerprint density at radius 2 is 2.07 bits per heavy atom. The smallest absolute Gasteiger partial charge is 0.184 e. The second kappa shape index (κ2) is 11.0. The standard InChI is InChI=1S/C21H28O6/c1-5-18-14-20(12-15(3)25-16(4)22)27-21(26-18)17-8-7-9-19(13-17)24-11-10-23-6-2/h6-9,13,15-16,18,20-22H,2,5,12,14H2,1,3-4H3. The van der Waals surface area contributed by atoms with Crippen LogP contribution < -0.4 is 4.74 Å². The third kappa shape index (κ3) is 7.24. The van der Waals surface area contributed by atoms with Gasteiger partial charge in [0.25, 0.3) is 0 Å². The topological polar surface area (TPSA) is 66.4 Å². The SMILES string of the molecule is C=COC#COc1cccc(C2OC(CC)CC(CC(C)OC(C)O)O2)c1. The first kappa shape index (κ1) is 21.3. The molecule has 1 aliphatic rings. The first-order chi connectivity index (χ1) is 13.0. The zero-order chi connectivity index (χ0) is 19.6. The van der Waals surface area contributed by atoms with Crippen LogP contribution in [0.15, 0.2) is 37.1 Å². The Balaban J connectivity index is 2.05. The van der Waals surface area contributed by atoms with Gasteiger partial charge in [-0.15, -0.1) is 0 Å². The second-order valence-electron chi connectivity index (χ2n) is 6.44. The van der Waals surface area contributed by atoms with E-state index in [0.717, 1.165) is 18.4 Å². The van der Waals surface area contributed by atoms with Gasteiger partial charge < -0.3 is 28.8 Å². The van der Waals surface area contributed by atoms with E-state index in [-0.39, 0.29) is 18.3 Å². The van der Waals surface area contributed by atoms with Gasteiger partial charge in [0.05, 0.1) is 24.6 Å². The predicted octanol–water partition coefficient (Wildman–Crippen LogP) is 3.86. The van der Waals surface area contributed by atoms with E-state index < -0.39 is 12.6 Å². The van der Waals surface area contributed by atoms with Gasteiger partial charge in [0.2, 0.25) is 0 Å². The number of aliphatic hydroxyl groups is 1. The van der Waals surface area contributed by atoms with Crippen LogP contribution in [0, 0.1) is 12.2 Å². The molecule has 1 fully saturated rings. The molecule has 27 heavy (non-hydrogen) atoms. The summed E-state index contributed by atoms with van der Waals surface area (Å²) >= 11 is 0. The molecule has 2 rings (SSSR count). The van der Waals surface area contributed by atoms with E-state index in [1.165, 1.54) is 6.26 Å². The van der Waals surface area contributed by atoms with Crippen molar-refractivity contribution in [1.82, 2.24) is 0 Å². The molecule has 148 valence electrons. The number of ether oxygens (including phenoxy) is 5. The van der Waals surface area contributed by atoms with E-state index in [2.05, 4.69) is 25.7 Å². The van der Waals surface area contributed by atoms with E-state index in [4.69, 9.17) is 23.7 Å². The lowest BCUT2D eigenvalue weighted by atomic mass is 10.0. The molecule has 5 atom stereocenters. The van der Waals surface area contributed by atoms with Crippen molar-refractivity contribution in [3.63, 3.8) is 0 Å². The van der Waals surface area contributed by atoms with Crippen LogP contribution >= 0.6 is 0 Å². The highest BCUT2D eigenvalue weighted by Gasteiger charge is 2.31. The van der Waals surface area contributed by atoms with Crippen molar-refractivity contribution in [2.45, 2.75) is 70.9 Å². The largest absolute Gasteiger partial charge is 0.414 e. The van der Waals surface area contributed by atoms with Crippen molar-refractivity contribution >= 4 is 0 Å². The van der Waals surface area contributed by atoms with E-state index >= 15 is 0 Å². The Hall–Kier alpha value is -2.04. The molecular weight excluding hydrogens is 348 g/mol. The highest BCUT2D eigenvalue weighted by Crippen LogP contribution is 2.34. The van der Waals surface area contributed by atoms with Crippen LogP contribution in [0.25, 0.3) is 0 Å². The summed E-state index contributed by atoms with van der Waals surface area (Å²) in [6, 6.07) is 7.41. The molecule has 0 bridgehead atoms. The van der Waals surface area contributed by atoms with Gasteiger partial charge in [-0.2, -0.15) is 0 Å². The highest BCUT2D eigenvalue weighted by atomic mass is 16.7. The third-order valence-corrected chi connectivity index (χ3v) is 4.12. The number of rotatable bonds is 8. The molecule has 0 aromatic heterocycles. The molecule has 5 unspecified atom stereocenters. The summed E-state index contributed by atoms with van der Waals surface area (Å²) < 4.78 is 27.7. The van der Waals surface area contributed by atoms with Crippen LogP contribution in [0.3, 0.4) is 0 Å². The average Bonchev–Trinajstić information content (AvgIpc) is 2.64. The van der Waals surface area contributed by atoms with Gasteiger partial charge in [0.1, 0.15) is 5.75 Å². The molecule has 0 spiro atoms. The maximum atomic E-state index is 9.39. The molecule has 0 amide bonds. The Morgan fingerprint density at radius 1 is 1.30 bits per heavy atom. The van der Waals surface area contributed by atoms with Gasteiger partial charge in [0.15, 0.2) is 24.8 Å². The zero-order valence-electron chi connectivity index (χ0n) is 16.1. The van der Waals surface area contributed by atoms with Crippen molar-refractivity contribution in [3.05, 3.63) is 42.7 Å². The molecule has 1 aromatic rings. The summed E-state index contributed by atoms with van der Waals surface area (Å²) in [6.07, 6.45) is 7.07. The predicted molar refractivity (Wildman–Crippen MR) is 100 cm³/mol. The van der Waals surface area contributed by atoms with E-state index in [9.17, 15) is 5.11 Å². The van der Waals surface area contributed by atoms with Crippen molar-refractivity contribution in [3.8, 4) is 18.0 Å². The molecule has 0 saturated carbocycles. The molecule has 1 N–H and O–H groups in total. The lowest BCUT2D eigenvalue weighted by Crippen LogP contribution is -2.36. The molecule has 0 aliphatic carbocycles. The first-order valence-corrected chi connectivity index (χ1v) is 9.19. The normalized spacial score (nSPS) is 24.2. The minimum atomic E-state index is -0.794. The molecule has 0 radical (unpaired) electrons. The van der Waals surface area contributed by atoms with Crippen molar-refractivity contribution in [2.24, 2.45) is 0 Å². The summed E-state index contributed by atoms with van der Waals surface area (Å²) in [6.45, 7) is 9.03. The monoisotopic (exact) mass is 376 g/mol. The number of hydrogen-bond acceptors (Lipinski definition) is 6. The van der Waals surface area contributed by atoms with Gasteiger partial charge in [0, 0.05) is 12.0 Å². The molecule has 1 heterocycles. The number of benzene rings is 1. The fourth-order valence-electron chi connectivity index (χ4n) is 2.99. The van der Waals surface area contributed by atoms with Gasteiger partial charge in [-0.3, -0.25) is 0 Å². The molecule has 1 aromatic carbocycles. The van der Waals surface area contributed by atoms with Crippen LogP contribution in [0.4, 0.5) is 0 Å². The second-order valence-corrected chi connectivity index (χ2v) is 6.44. The quantitative estimate of drug-likeness (QED) is 0.422. The fraction of sp³-hybridized carbons (Fsp3) is 0.524. The molecule has 1 saturated heterocycles. The van der Waals surface area contributed by atoms with Crippen LogP contribution in [0.1, 0.15) is 51.9 Å². The summed E-state index contributed by atoms with van der Waals surface area (Å²) in [5, 5.41) is 9.39. The summed E-state index contributed by atoms with van der Waals surface area (Å²) in [7, 11) is 0. The van der Waals surface area contributed by atoms with Gasteiger partial charge in [-0.05, 0) is 38.8 Å². The van der Waals surface area contributed by atoms with Crippen molar-refractivity contribution < 1.29 is 28.8 Å². The maximum absolute atomic E-state index is 9.39. The highest BCUT2D eigenvalue weighted by molar-refractivity contribution is 5.30. The minimum Gasteiger partial charge on any atom is -0.414 e. The van der Waals surface area contributed by atoms with Gasteiger partial charge in [-0.25, -0.2) is 0 Å². The molecule has 6 heteroatoms. The summed E-state index contributed by atoms with van der Waals surface area (Å²) in [5.74, 6) is 0.570. The lowest BCUT2D eigenvalue weighted by molar-refractivity contribution is -0.255. The van der Waals surface area contributed by atoms with Gasteiger partial charge >= 0.3 is 0 Å². The van der Waals surface area contributed by atoms with E-state index in [0.29, 0.717) is 12.2 Å². The Kier molecular flexibility index (Phi) is 8.62. The molecular formula is C21H28O6. The average molecular weight is 376 g/mol. The van der Waals surface area contributed by atoms with Crippen LogP contribution in [0.5, 0.6) is 5.75 Å². The van der Waals surface area contributed by atoms with E-state index in [1.807, 2.05) is 25.1 Å². The Bertz CT molecular complexity index is 648. The summed E-state index contributed by atoms with van der Waals surface area (Å²) in [4.78, 5) is 0. The zero-order valence-corrected chi connectivity index (χ0v) is 16.1. The minimum absolute atomic E-state index is 0.0205. The van der Waals surface area contributed by atoms with Crippen molar-refractivity contribution in [1.29, 1.82) is 0 Å². The van der Waals surface area contributed by atoms with Gasteiger partial charge in [-0.1, -0.05) is 25.6 Å². The summed E-state index contributed by atoms with van der Waals surface area (Å²) in [5.41, 5.74) is 0.853. The Morgan fingerprint density at radius 3 is 2.78 bits per heavy atom. The lowest BCUT2D eigenvalue weighted by Gasteiger charge is -2.36. The maximum Gasteiger partial charge on any atom is 0.184 e. The fourth-order valence-corrected chi connectivity index (χ4v) is 2.99. The first-order valence-electron chi connectivity index (χ1n) is 9.19. The third-order valence-electron chi connectivity index (χ3n) is 4.12. The van der Waals surface area contributed by atoms with Crippen LogP contribution in [0.2, 0.25) is 0 Å². The number of hydrogen-bond donors (Lipinski definition) is 1. The van der Waals surface area contributed by atoms with Crippen LogP contribution in [-0.4, -0.2) is 29.7 Å². The van der Waals surface area contributed by atoms with E-state index in [1.54, 1.807) is 13.0 Å². The van der Waals surface area contributed by atoms with Crippen LogP contribution in [-0.2, 0) is 18.9 Å². The van der Waals surface area contributed by atoms with Crippen molar-refractivity contribution in [2.75, 3.05) is 0 Å². The molecule has 6 nitrogen and oxygen atoms in total. The number of aliphatic hydroxyl groups excluding tert-OH is 1. The Labute approximate surface area is 161 Å².